The van der Waals surface area contributed by atoms with E-state index in [-0.39, 0.29) is 19.4 Å². The molecule has 0 N–H and O–H groups in total. The molecule has 0 aliphatic heterocycles. The smallest absolute Gasteiger partial charge is 0.320 e. The Hall–Kier alpha value is -4.89. The van der Waals surface area contributed by atoms with Gasteiger partial charge < -0.3 is 28.6 Å². The monoisotopic (exact) mass is 655 g/mol. The van der Waals surface area contributed by atoms with E-state index in [0.29, 0.717) is 13.0 Å². The number of hydrogen-bond acceptors (Lipinski definition) is 9. The summed E-state index contributed by atoms with van der Waals surface area (Å²) >= 11 is 0. The van der Waals surface area contributed by atoms with E-state index in [1.54, 1.807) is 21.1 Å². The van der Waals surface area contributed by atoms with Crippen LogP contribution in [-0.4, -0.2) is 70.4 Å². The van der Waals surface area contributed by atoms with Crippen LogP contribution >= 0.6 is 0 Å². The molecule has 4 aromatic rings. The van der Waals surface area contributed by atoms with Gasteiger partial charge in [-0.3, -0.25) is 14.4 Å². The van der Waals surface area contributed by atoms with Gasteiger partial charge in [-0.2, -0.15) is 0 Å². The molecule has 0 heterocycles. The molecule has 0 amide bonds. The molecule has 0 aliphatic rings. The third-order valence-corrected chi connectivity index (χ3v) is 8.08. The van der Waals surface area contributed by atoms with Crippen molar-refractivity contribution in [3.8, 4) is 17.2 Å². The summed E-state index contributed by atoms with van der Waals surface area (Å²) < 4.78 is 27.6. The van der Waals surface area contributed by atoms with Crippen LogP contribution in [0.1, 0.15) is 48.8 Å². The van der Waals surface area contributed by atoms with Gasteiger partial charge in [0.15, 0.2) is 0 Å². The Balaban J connectivity index is 1.28. The maximum atomic E-state index is 12.8. The molecule has 0 spiro atoms. The zero-order chi connectivity index (χ0) is 34.5. The van der Waals surface area contributed by atoms with Crippen molar-refractivity contribution in [1.29, 1.82) is 0 Å². The number of esters is 3. The van der Waals surface area contributed by atoms with Crippen LogP contribution < -0.4 is 14.2 Å². The highest BCUT2D eigenvalue weighted by atomic mass is 16.6. The predicted octanol–water partition coefficient (Wildman–Crippen LogP) is 6.54. The Morgan fingerprint density at radius 3 is 2.23 bits per heavy atom. The van der Waals surface area contributed by atoms with Gasteiger partial charge in [-0.1, -0.05) is 54.6 Å². The molecule has 4 rings (SSSR count). The molecule has 9 nitrogen and oxygen atoms in total. The molecular formula is C39H45NO8. The second-order valence-corrected chi connectivity index (χ2v) is 12.0. The number of methoxy groups -OCH3 is 2. The SMILES string of the molecule is COc1cccc(CCc2ccccc2OC[C@H](CCN(C)C)OC(=O)CCC(=O)OC(=O)[C@@H](C)c2ccc3cc(OC)ccc3c2)c1. The van der Waals surface area contributed by atoms with Crippen molar-refractivity contribution in [3.63, 3.8) is 0 Å². The first kappa shape index (κ1) is 36.0. The van der Waals surface area contributed by atoms with Crippen LogP contribution in [0.25, 0.3) is 10.8 Å². The lowest BCUT2D eigenvalue weighted by molar-refractivity contribution is -0.163. The normalized spacial score (nSPS) is 12.3. The number of para-hydroxylation sites is 1. The summed E-state index contributed by atoms with van der Waals surface area (Å²) in [5, 5.41) is 1.91. The lowest BCUT2D eigenvalue weighted by Crippen LogP contribution is -2.29. The molecule has 0 unspecified atom stereocenters. The van der Waals surface area contributed by atoms with Gasteiger partial charge in [0.05, 0.1) is 33.0 Å². The van der Waals surface area contributed by atoms with Gasteiger partial charge in [-0.25, -0.2) is 0 Å². The number of benzene rings is 4. The first-order valence-corrected chi connectivity index (χ1v) is 16.1. The molecule has 4 aromatic carbocycles. The van der Waals surface area contributed by atoms with E-state index in [1.807, 2.05) is 97.9 Å². The third kappa shape index (κ3) is 10.8. The predicted molar refractivity (Wildman–Crippen MR) is 185 cm³/mol. The number of hydrogen-bond donors (Lipinski definition) is 0. The Bertz CT molecular complexity index is 1680. The number of aryl methyl sites for hydroxylation is 2. The number of carbonyl (C=O) groups excluding carboxylic acids is 3. The van der Waals surface area contributed by atoms with E-state index < -0.39 is 29.9 Å². The average Bonchev–Trinajstić information content (AvgIpc) is 3.10. The molecule has 2 atom stereocenters. The lowest BCUT2D eigenvalue weighted by Gasteiger charge is -2.21. The molecule has 0 radical (unpaired) electrons. The molecule has 0 saturated carbocycles. The lowest BCUT2D eigenvalue weighted by atomic mass is 9.98. The standard InChI is InChI=1S/C39H45NO8/c1-27(30-15-16-32-25-34(45-5)18-17-31(32)24-30)39(43)48-38(42)20-19-37(41)47-35(21-22-40(2)3)26-46-36-12-7-6-10-29(36)14-13-28-9-8-11-33(23-28)44-4/h6-12,15-18,23-25,27,35H,13-14,19-22,26H2,1-5H3/t27-,35-/m0/s1. The fourth-order valence-electron chi connectivity index (χ4n) is 5.19. The van der Waals surface area contributed by atoms with Crippen LogP contribution in [0.3, 0.4) is 0 Å². The molecule has 0 saturated heterocycles. The van der Waals surface area contributed by atoms with E-state index in [2.05, 4.69) is 6.07 Å². The van der Waals surface area contributed by atoms with E-state index in [9.17, 15) is 14.4 Å². The summed E-state index contributed by atoms with van der Waals surface area (Å²) in [4.78, 5) is 40.1. The van der Waals surface area contributed by atoms with Gasteiger partial charge in [0.2, 0.25) is 0 Å². The summed E-state index contributed by atoms with van der Waals surface area (Å²) in [6.07, 6.45) is 1.10. The van der Waals surface area contributed by atoms with Gasteiger partial charge in [0.25, 0.3) is 0 Å². The molecule has 9 heteroatoms. The van der Waals surface area contributed by atoms with Gasteiger partial charge in [0.1, 0.15) is 30.0 Å². The summed E-state index contributed by atoms with van der Waals surface area (Å²) in [5.74, 6) is -0.392. The summed E-state index contributed by atoms with van der Waals surface area (Å²) in [6.45, 7) is 2.52. The van der Waals surface area contributed by atoms with E-state index in [0.717, 1.165) is 57.6 Å². The van der Waals surface area contributed by atoms with Gasteiger partial charge in [-0.05, 0) is 91.7 Å². The van der Waals surface area contributed by atoms with Crippen LogP contribution in [0.4, 0.5) is 0 Å². The van der Waals surface area contributed by atoms with Crippen molar-refractivity contribution in [3.05, 3.63) is 102 Å². The number of fused-ring (bicyclic) bond motifs is 1. The van der Waals surface area contributed by atoms with Gasteiger partial charge >= 0.3 is 17.9 Å². The Labute approximate surface area is 282 Å². The second-order valence-electron chi connectivity index (χ2n) is 12.0. The van der Waals surface area contributed by atoms with Crippen molar-refractivity contribution in [2.45, 2.75) is 51.0 Å². The fourth-order valence-corrected chi connectivity index (χ4v) is 5.19. The van der Waals surface area contributed by atoms with Crippen molar-refractivity contribution in [1.82, 2.24) is 4.90 Å². The molecule has 0 aliphatic carbocycles. The van der Waals surface area contributed by atoms with Crippen LogP contribution in [0.5, 0.6) is 17.2 Å². The largest absolute Gasteiger partial charge is 0.497 e. The summed E-state index contributed by atoms with van der Waals surface area (Å²) in [5.41, 5.74) is 2.92. The zero-order valence-corrected chi connectivity index (χ0v) is 28.4. The minimum absolute atomic E-state index is 0.161. The van der Waals surface area contributed by atoms with E-state index in [4.69, 9.17) is 23.7 Å². The Morgan fingerprint density at radius 2 is 1.46 bits per heavy atom. The van der Waals surface area contributed by atoms with Crippen molar-refractivity contribution in [2.75, 3.05) is 41.5 Å². The van der Waals surface area contributed by atoms with Gasteiger partial charge in [-0.15, -0.1) is 0 Å². The van der Waals surface area contributed by atoms with Crippen LogP contribution in [0.2, 0.25) is 0 Å². The second kappa shape index (κ2) is 17.9. The molecule has 0 fully saturated rings. The number of carbonyl (C=O) groups is 3. The summed E-state index contributed by atoms with van der Waals surface area (Å²) in [6, 6.07) is 27.1. The van der Waals surface area contributed by atoms with E-state index in [1.165, 1.54) is 0 Å². The molecule has 48 heavy (non-hydrogen) atoms. The minimum Gasteiger partial charge on any atom is -0.497 e. The molecule has 254 valence electrons. The van der Waals surface area contributed by atoms with Crippen molar-refractivity contribution in [2.24, 2.45) is 0 Å². The maximum absolute atomic E-state index is 12.8. The fraction of sp³-hybridized carbons (Fsp3) is 0.359. The maximum Gasteiger partial charge on any atom is 0.320 e. The molecular weight excluding hydrogens is 610 g/mol. The summed E-state index contributed by atoms with van der Waals surface area (Å²) in [7, 11) is 7.14. The van der Waals surface area contributed by atoms with Crippen LogP contribution in [-0.2, 0) is 36.7 Å². The first-order valence-electron chi connectivity index (χ1n) is 16.1. The number of rotatable bonds is 17. The van der Waals surface area contributed by atoms with Crippen LogP contribution in [0, 0.1) is 0 Å². The Kier molecular flexibility index (Phi) is 13.4. The van der Waals surface area contributed by atoms with Crippen molar-refractivity contribution >= 4 is 28.7 Å². The van der Waals surface area contributed by atoms with Gasteiger partial charge in [0, 0.05) is 13.0 Å². The Morgan fingerprint density at radius 1 is 0.750 bits per heavy atom. The topological polar surface area (TPSA) is 101 Å². The highest BCUT2D eigenvalue weighted by Crippen LogP contribution is 2.26. The quantitative estimate of drug-likeness (QED) is 0.0928. The minimum atomic E-state index is -0.777. The van der Waals surface area contributed by atoms with E-state index >= 15 is 0 Å². The average molecular weight is 656 g/mol. The molecule has 0 bridgehead atoms. The molecule has 0 aromatic heterocycles. The van der Waals surface area contributed by atoms with Crippen LogP contribution in [0.15, 0.2) is 84.9 Å². The number of nitrogens with zero attached hydrogens (tertiary/aromatic N) is 1. The van der Waals surface area contributed by atoms with Crippen molar-refractivity contribution < 1.29 is 38.1 Å². The number of ether oxygens (including phenoxy) is 5. The zero-order valence-electron chi connectivity index (χ0n) is 28.4. The third-order valence-electron chi connectivity index (χ3n) is 8.08. The first-order chi connectivity index (χ1) is 23.1. The highest BCUT2D eigenvalue weighted by Gasteiger charge is 2.23. The highest BCUT2D eigenvalue weighted by molar-refractivity contribution is 5.92.